The van der Waals surface area contributed by atoms with Gasteiger partial charge in [0, 0.05) is 0 Å². The first-order chi connectivity index (χ1) is 4.61. The summed E-state index contributed by atoms with van der Waals surface area (Å²) in [6.07, 6.45) is 0. The Morgan fingerprint density at radius 3 is 2.30 bits per heavy atom. The van der Waals surface area contributed by atoms with Crippen LogP contribution in [0.5, 0.6) is 5.88 Å². The molecular formula is C5H3Cl3NO+. The fourth-order valence-corrected chi connectivity index (χ4v) is 0.942. The van der Waals surface area contributed by atoms with Gasteiger partial charge >= 0.3 is 5.88 Å². The van der Waals surface area contributed by atoms with E-state index in [2.05, 4.69) is 4.98 Å². The standard InChI is InChI=1S/C5H2Cl3NO/c6-2-1-3(7)5(10)9-4(2)8/h1H,(H,9,10)/p+1. The summed E-state index contributed by atoms with van der Waals surface area (Å²) in [7, 11) is 0. The molecule has 1 heterocycles. The highest BCUT2D eigenvalue weighted by molar-refractivity contribution is 6.42. The van der Waals surface area contributed by atoms with Crippen LogP contribution in [0.2, 0.25) is 15.2 Å². The number of hydrogen-bond acceptors (Lipinski definition) is 1. The normalized spacial score (nSPS) is 9.90. The predicted molar refractivity (Wildman–Crippen MR) is 42.3 cm³/mol. The summed E-state index contributed by atoms with van der Waals surface area (Å²) in [6.45, 7) is 0. The topological polar surface area (TPSA) is 35.8 Å². The lowest BCUT2D eigenvalue weighted by atomic mass is 10.5. The Kier molecular flexibility index (Phi) is 2.24. The van der Waals surface area contributed by atoms with Crippen LogP contribution < -0.4 is 0 Å². The summed E-state index contributed by atoms with van der Waals surface area (Å²) >= 11 is 16.5. The number of pyridine rings is 1. The monoisotopic (exact) mass is 198 g/mol. The third-order valence-corrected chi connectivity index (χ3v) is 1.85. The molecule has 1 rings (SSSR count). The molecule has 0 aliphatic heterocycles. The van der Waals surface area contributed by atoms with Gasteiger partial charge in [-0.3, -0.25) is 0 Å². The maximum Gasteiger partial charge on any atom is 0.377 e. The molecule has 10 heavy (non-hydrogen) atoms. The van der Waals surface area contributed by atoms with Crippen molar-refractivity contribution in [3.63, 3.8) is 0 Å². The molecule has 0 aliphatic carbocycles. The molecule has 0 saturated heterocycles. The average molecular weight is 199 g/mol. The van der Waals surface area contributed by atoms with Crippen molar-refractivity contribution in [2.75, 3.05) is 0 Å². The third-order valence-electron chi connectivity index (χ3n) is 0.887. The molecule has 0 amide bonds. The molecule has 0 fully saturated rings. The van der Waals surface area contributed by atoms with Gasteiger partial charge in [-0.25, -0.2) is 0 Å². The molecular weight excluding hydrogens is 196 g/mol. The summed E-state index contributed by atoms with van der Waals surface area (Å²) < 4.78 is 0. The Balaban J connectivity index is 3.28. The van der Waals surface area contributed by atoms with E-state index in [9.17, 15) is 0 Å². The Bertz CT molecular complexity index is 213. The van der Waals surface area contributed by atoms with E-state index in [1.54, 1.807) is 0 Å². The van der Waals surface area contributed by atoms with Crippen molar-refractivity contribution in [3.05, 3.63) is 21.3 Å². The van der Waals surface area contributed by atoms with E-state index < -0.39 is 0 Å². The molecule has 0 atom stereocenters. The van der Waals surface area contributed by atoms with Gasteiger partial charge in [0.15, 0.2) is 10.2 Å². The summed E-state index contributed by atoms with van der Waals surface area (Å²) in [4.78, 5) is 3.54. The van der Waals surface area contributed by atoms with E-state index in [0.29, 0.717) is 0 Å². The van der Waals surface area contributed by atoms with Gasteiger partial charge < -0.3 is 5.11 Å². The molecule has 1 aromatic heterocycles. The molecule has 0 saturated carbocycles. The van der Waals surface area contributed by atoms with Crippen LogP contribution >= 0.6 is 34.8 Å². The van der Waals surface area contributed by atoms with E-state index in [4.69, 9.17) is 39.9 Å². The van der Waals surface area contributed by atoms with Crippen LogP contribution in [-0.2, 0) is 0 Å². The SMILES string of the molecule is [OH2+]c1nc(Cl)c(Cl)cc1Cl. The fraction of sp³-hybridized carbons (Fsp3) is 0. The Hall–Kier alpha value is -0.180. The maximum absolute atomic E-state index is 7.07. The first-order valence-electron chi connectivity index (χ1n) is 2.34. The minimum atomic E-state index is -0.0592. The first-order valence-corrected chi connectivity index (χ1v) is 3.48. The van der Waals surface area contributed by atoms with E-state index in [-0.39, 0.29) is 21.1 Å². The molecule has 2 nitrogen and oxygen atoms in total. The second-order valence-corrected chi connectivity index (χ2v) is 2.76. The number of hydrogen-bond donors (Lipinski definition) is 0. The van der Waals surface area contributed by atoms with Crippen LogP contribution in [0.3, 0.4) is 0 Å². The lowest BCUT2D eigenvalue weighted by molar-refractivity contribution is 0.454. The molecule has 0 bridgehead atoms. The van der Waals surface area contributed by atoms with Gasteiger partial charge in [-0.2, -0.15) is 4.98 Å². The smallest absolute Gasteiger partial charge is 0.377 e. The van der Waals surface area contributed by atoms with Gasteiger partial charge in [-0.15, -0.1) is 0 Å². The van der Waals surface area contributed by atoms with Crippen molar-refractivity contribution < 1.29 is 5.11 Å². The molecule has 2 N–H and O–H groups in total. The summed E-state index contributed by atoms with van der Waals surface area (Å²) in [5, 5.41) is 7.65. The van der Waals surface area contributed by atoms with Crippen LogP contribution in [0.15, 0.2) is 6.07 Å². The van der Waals surface area contributed by atoms with Gasteiger partial charge in [0.1, 0.15) is 0 Å². The van der Waals surface area contributed by atoms with Crippen molar-refractivity contribution in [3.8, 4) is 5.88 Å². The molecule has 0 spiro atoms. The van der Waals surface area contributed by atoms with Gasteiger partial charge in [0.05, 0.1) is 5.02 Å². The number of rotatable bonds is 0. The lowest BCUT2D eigenvalue weighted by Gasteiger charge is -1.93. The van der Waals surface area contributed by atoms with Crippen molar-refractivity contribution >= 4 is 34.8 Å². The molecule has 5 heteroatoms. The van der Waals surface area contributed by atoms with Crippen molar-refractivity contribution in [2.24, 2.45) is 0 Å². The highest BCUT2D eigenvalue weighted by atomic mass is 35.5. The van der Waals surface area contributed by atoms with E-state index in [0.717, 1.165) is 0 Å². The first kappa shape index (κ1) is 7.92. The third kappa shape index (κ3) is 1.45. The minimum absolute atomic E-state index is 0.0592. The zero-order chi connectivity index (χ0) is 7.72. The van der Waals surface area contributed by atoms with E-state index in [1.165, 1.54) is 6.07 Å². The molecule has 0 radical (unpaired) electrons. The quantitative estimate of drug-likeness (QED) is 0.467. The van der Waals surface area contributed by atoms with Gasteiger partial charge in [0.2, 0.25) is 0 Å². The molecule has 54 valence electrons. The van der Waals surface area contributed by atoms with Crippen molar-refractivity contribution in [1.29, 1.82) is 0 Å². The van der Waals surface area contributed by atoms with Crippen LogP contribution in [-0.4, -0.2) is 10.1 Å². The zero-order valence-corrected chi connectivity index (χ0v) is 6.93. The van der Waals surface area contributed by atoms with Gasteiger partial charge in [-0.1, -0.05) is 34.8 Å². The maximum atomic E-state index is 7.07. The van der Waals surface area contributed by atoms with E-state index in [1.807, 2.05) is 0 Å². The van der Waals surface area contributed by atoms with Crippen LogP contribution in [0, 0.1) is 0 Å². The van der Waals surface area contributed by atoms with Crippen LogP contribution in [0.25, 0.3) is 0 Å². The van der Waals surface area contributed by atoms with Gasteiger partial charge in [0.25, 0.3) is 0 Å². The average Bonchev–Trinajstić information content (AvgIpc) is 1.84. The summed E-state index contributed by atoms with van der Waals surface area (Å²) in [5.74, 6) is -0.0592. The molecule has 0 aliphatic rings. The zero-order valence-electron chi connectivity index (χ0n) is 4.66. The molecule has 0 unspecified atom stereocenters. The fourth-order valence-electron chi connectivity index (χ4n) is 0.444. The number of nitrogens with zero attached hydrogens (tertiary/aromatic N) is 1. The Morgan fingerprint density at radius 2 is 1.80 bits per heavy atom. The van der Waals surface area contributed by atoms with Gasteiger partial charge in [-0.05, 0) is 6.07 Å². The van der Waals surface area contributed by atoms with Crippen LogP contribution in [0.4, 0.5) is 0 Å². The molecule has 0 aromatic carbocycles. The number of halogens is 3. The van der Waals surface area contributed by atoms with Crippen molar-refractivity contribution in [2.45, 2.75) is 0 Å². The highest BCUT2D eigenvalue weighted by Gasteiger charge is 2.08. The number of aromatic nitrogens is 1. The molecule has 1 aromatic rings. The predicted octanol–water partition coefficient (Wildman–Crippen LogP) is 2.48. The van der Waals surface area contributed by atoms with Crippen LogP contribution in [0.1, 0.15) is 0 Å². The van der Waals surface area contributed by atoms with Crippen molar-refractivity contribution in [1.82, 2.24) is 4.98 Å². The summed E-state index contributed by atoms with van der Waals surface area (Å²) in [6, 6.07) is 1.39. The Labute approximate surface area is 72.4 Å². The highest BCUT2D eigenvalue weighted by Crippen LogP contribution is 2.28. The second-order valence-electron chi connectivity index (χ2n) is 1.59. The largest absolute Gasteiger partial charge is 0.578 e. The second kappa shape index (κ2) is 2.82. The minimum Gasteiger partial charge on any atom is -0.578 e. The Morgan fingerprint density at radius 1 is 1.20 bits per heavy atom. The summed E-state index contributed by atoms with van der Waals surface area (Å²) in [5.41, 5.74) is 0. The van der Waals surface area contributed by atoms with E-state index >= 15 is 0 Å². The lowest BCUT2D eigenvalue weighted by Crippen LogP contribution is -1.78.